The minimum absolute atomic E-state index is 0.678. The summed E-state index contributed by atoms with van der Waals surface area (Å²) in [6.07, 6.45) is 0. The number of hydrogen-bond donors (Lipinski definition) is 0. The van der Waals surface area contributed by atoms with Gasteiger partial charge in [0, 0.05) is 4.47 Å². The molecule has 0 aliphatic carbocycles. The summed E-state index contributed by atoms with van der Waals surface area (Å²) in [5.74, 6) is 0. The van der Waals surface area contributed by atoms with Crippen LogP contribution < -0.4 is 0 Å². The molecule has 0 fully saturated rings. The van der Waals surface area contributed by atoms with E-state index in [1.807, 2.05) is 38.1 Å². The Morgan fingerprint density at radius 1 is 1.27 bits per heavy atom. The highest BCUT2D eigenvalue weighted by Crippen LogP contribution is 2.13. The summed E-state index contributed by atoms with van der Waals surface area (Å²) in [7, 11) is 0. The first-order valence-corrected chi connectivity index (χ1v) is 4.28. The van der Waals surface area contributed by atoms with E-state index < -0.39 is 0 Å². The molecule has 0 amide bonds. The van der Waals surface area contributed by atoms with Crippen LogP contribution in [0.4, 0.5) is 0 Å². The van der Waals surface area contributed by atoms with E-state index in [1.165, 1.54) is 0 Å². The Kier molecular flexibility index (Phi) is 5.50. The van der Waals surface area contributed by atoms with Gasteiger partial charge < -0.3 is 0 Å². The quantitative estimate of drug-likeness (QED) is 0.646. The van der Waals surface area contributed by atoms with Gasteiger partial charge in [0.25, 0.3) is 0 Å². The third-order valence-corrected chi connectivity index (χ3v) is 1.69. The summed E-state index contributed by atoms with van der Waals surface area (Å²) in [5, 5.41) is 8.44. The van der Waals surface area contributed by atoms with Crippen LogP contribution in [-0.2, 0) is 0 Å². The molecule has 0 aliphatic heterocycles. The molecule has 0 saturated heterocycles. The Morgan fingerprint density at radius 2 is 1.82 bits per heavy atom. The summed E-state index contributed by atoms with van der Waals surface area (Å²) < 4.78 is 0.854. The largest absolute Gasteiger partial charge is 0.192 e. The highest BCUT2D eigenvalue weighted by atomic mass is 79.9. The lowest BCUT2D eigenvalue weighted by atomic mass is 10.2. The van der Waals surface area contributed by atoms with Gasteiger partial charge in [0.05, 0.1) is 5.56 Å². The standard InChI is InChI=1S/C7H4BrN.C2H6/c8-7-4-2-1-3-6(7)5-9;1-2/h1-4H;1-2H3. The second-order valence-electron chi connectivity index (χ2n) is 1.59. The van der Waals surface area contributed by atoms with E-state index in [0.717, 1.165) is 4.47 Å². The monoisotopic (exact) mass is 211 g/mol. The van der Waals surface area contributed by atoms with Gasteiger partial charge in [0.2, 0.25) is 0 Å². The van der Waals surface area contributed by atoms with E-state index >= 15 is 0 Å². The van der Waals surface area contributed by atoms with E-state index in [2.05, 4.69) is 15.9 Å². The zero-order chi connectivity index (χ0) is 8.69. The van der Waals surface area contributed by atoms with Crippen molar-refractivity contribution in [2.45, 2.75) is 13.8 Å². The second kappa shape index (κ2) is 5.94. The molecule has 0 bridgehead atoms. The van der Waals surface area contributed by atoms with Crippen LogP contribution in [0.15, 0.2) is 28.7 Å². The molecule has 0 N–H and O–H groups in total. The zero-order valence-electron chi connectivity index (χ0n) is 6.63. The topological polar surface area (TPSA) is 23.8 Å². The van der Waals surface area contributed by atoms with Crippen molar-refractivity contribution in [3.05, 3.63) is 34.3 Å². The number of halogens is 1. The minimum atomic E-state index is 0.678. The molecule has 0 aliphatic rings. The van der Waals surface area contributed by atoms with Crippen molar-refractivity contribution in [1.29, 1.82) is 5.26 Å². The first-order valence-electron chi connectivity index (χ1n) is 3.49. The molecule has 1 aromatic rings. The second-order valence-corrected chi connectivity index (χ2v) is 2.45. The molecule has 58 valence electrons. The van der Waals surface area contributed by atoms with Gasteiger partial charge in [-0.05, 0) is 28.1 Å². The van der Waals surface area contributed by atoms with Gasteiger partial charge in [0.1, 0.15) is 6.07 Å². The predicted octanol–water partition coefficient (Wildman–Crippen LogP) is 3.35. The fourth-order valence-electron chi connectivity index (χ4n) is 0.552. The number of hydrogen-bond acceptors (Lipinski definition) is 1. The van der Waals surface area contributed by atoms with E-state index in [1.54, 1.807) is 6.07 Å². The molecule has 0 saturated carbocycles. The lowest BCUT2D eigenvalue weighted by Crippen LogP contribution is -1.72. The maximum absolute atomic E-state index is 8.44. The fourth-order valence-corrected chi connectivity index (χ4v) is 0.925. The van der Waals surface area contributed by atoms with Crippen molar-refractivity contribution < 1.29 is 0 Å². The van der Waals surface area contributed by atoms with Crippen molar-refractivity contribution in [2.24, 2.45) is 0 Å². The fraction of sp³-hybridized carbons (Fsp3) is 0.222. The molecule has 2 heteroatoms. The molecule has 1 rings (SSSR count). The molecule has 1 nitrogen and oxygen atoms in total. The van der Waals surface area contributed by atoms with Crippen LogP contribution in [0.25, 0.3) is 0 Å². The van der Waals surface area contributed by atoms with Crippen LogP contribution >= 0.6 is 15.9 Å². The molecule has 0 atom stereocenters. The molecular weight excluding hydrogens is 202 g/mol. The Bertz CT molecular complexity index is 250. The van der Waals surface area contributed by atoms with Gasteiger partial charge in [0.15, 0.2) is 0 Å². The molecule has 1 aromatic carbocycles. The lowest BCUT2D eigenvalue weighted by Gasteiger charge is -1.88. The van der Waals surface area contributed by atoms with Crippen LogP contribution in [0.2, 0.25) is 0 Å². The first-order chi connectivity index (χ1) is 5.34. The molecule has 0 heterocycles. The summed E-state index contributed by atoms with van der Waals surface area (Å²) >= 11 is 3.23. The molecule has 0 spiro atoms. The summed E-state index contributed by atoms with van der Waals surface area (Å²) in [5.41, 5.74) is 0.678. The number of nitriles is 1. The van der Waals surface area contributed by atoms with Crippen molar-refractivity contribution in [1.82, 2.24) is 0 Å². The number of rotatable bonds is 0. The Hall–Kier alpha value is -0.810. The van der Waals surface area contributed by atoms with E-state index in [-0.39, 0.29) is 0 Å². The van der Waals surface area contributed by atoms with Gasteiger partial charge >= 0.3 is 0 Å². The summed E-state index contributed by atoms with van der Waals surface area (Å²) in [4.78, 5) is 0. The maximum Gasteiger partial charge on any atom is 0.100 e. The van der Waals surface area contributed by atoms with Crippen molar-refractivity contribution in [3.63, 3.8) is 0 Å². The van der Waals surface area contributed by atoms with Crippen LogP contribution in [-0.4, -0.2) is 0 Å². The first kappa shape index (κ1) is 10.2. The average molecular weight is 212 g/mol. The van der Waals surface area contributed by atoms with Crippen LogP contribution in [0, 0.1) is 11.3 Å². The van der Waals surface area contributed by atoms with Gasteiger partial charge in [-0.25, -0.2) is 0 Å². The normalized spacial score (nSPS) is 7.45. The highest BCUT2D eigenvalue weighted by Gasteiger charge is 1.92. The number of benzene rings is 1. The van der Waals surface area contributed by atoms with E-state index in [4.69, 9.17) is 5.26 Å². The zero-order valence-corrected chi connectivity index (χ0v) is 8.22. The Balaban J connectivity index is 0.000000461. The third kappa shape index (κ3) is 3.20. The SMILES string of the molecule is CC.N#Cc1ccccc1Br. The molecule has 0 aromatic heterocycles. The van der Waals surface area contributed by atoms with Crippen LogP contribution in [0.3, 0.4) is 0 Å². The highest BCUT2D eigenvalue weighted by molar-refractivity contribution is 9.10. The predicted molar refractivity (Wildman–Crippen MR) is 50.2 cm³/mol. The molecule has 0 radical (unpaired) electrons. The van der Waals surface area contributed by atoms with Crippen molar-refractivity contribution in [2.75, 3.05) is 0 Å². The molecule has 11 heavy (non-hydrogen) atoms. The molecular formula is C9H10BrN. The van der Waals surface area contributed by atoms with E-state index in [0.29, 0.717) is 5.56 Å². The van der Waals surface area contributed by atoms with Gasteiger partial charge in [-0.1, -0.05) is 26.0 Å². The van der Waals surface area contributed by atoms with Crippen LogP contribution in [0.1, 0.15) is 19.4 Å². The van der Waals surface area contributed by atoms with Crippen molar-refractivity contribution >= 4 is 15.9 Å². The Labute approximate surface area is 75.8 Å². The average Bonchev–Trinajstić information content (AvgIpc) is 2.09. The van der Waals surface area contributed by atoms with Crippen LogP contribution in [0.5, 0.6) is 0 Å². The van der Waals surface area contributed by atoms with Crippen molar-refractivity contribution in [3.8, 4) is 6.07 Å². The van der Waals surface area contributed by atoms with Gasteiger partial charge in [-0.15, -0.1) is 0 Å². The van der Waals surface area contributed by atoms with E-state index in [9.17, 15) is 0 Å². The smallest absolute Gasteiger partial charge is 0.100 e. The minimum Gasteiger partial charge on any atom is -0.192 e. The summed E-state index contributed by atoms with van der Waals surface area (Å²) in [6, 6.07) is 9.38. The number of nitrogens with zero attached hydrogens (tertiary/aromatic N) is 1. The lowest BCUT2D eigenvalue weighted by molar-refractivity contribution is 1.47. The van der Waals surface area contributed by atoms with Gasteiger partial charge in [-0.3, -0.25) is 0 Å². The third-order valence-electron chi connectivity index (χ3n) is 0.994. The molecule has 0 unspecified atom stereocenters. The summed E-state index contributed by atoms with van der Waals surface area (Å²) in [6.45, 7) is 4.00. The van der Waals surface area contributed by atoms with Gasteiger partial charge in [-0.2, -0.15) is 5.26 Å². The maximum atomic E-state index is 8.44. The Morgan fingerprint density at radius 3 is 2.18 bits per heavy atom.